The first-order valence-corrected chi connectivity index (χ1v) is 12.5. The molecule has 188 valence electrons. The van der Waals surface area contributed by atoms with E-state index in [4.69, 9.17) is 42.8 Å². The Hall–Kier alpha value is -3.95. The summed E-state index contributed by atoms with van der Waals surface area (Å²) in [6, 6.07) is 18.6. The largest absolute Gasteiger partial charge is 0.486 e. The van der Waals surface area contributed by atoms with Crippen molar-refractivity contribution in [3.8, 4) is 23.0 Å². The van der Waals surface area contributed by atoms with Gasteiger partial charge < -0.3 is 34.1 Å². The quantitative estimate of drug-likeness (QED) is 0.342. The number of rotatable bonds is 5. The summed E-state index contributed by atoms with van der Waals surface area (Å²) >= 11 is 11.9. The van der Waals surface area contributed by atoms with Gasteiger partial charge in [0, 0.05) is 34.3 Å². The number of aromatic amines is 1. The molecular weight excluding hydrogens is 514 g/mol. The number of aromatic nitrogens is 1. The molecular formula is C27H22ClN3O5S. The maximum Gasteiger partial charge on any atom is 0.253 e. The number of benzene rings is 3. The second kappa shape index (κ2) is 9.84. The molecule has 0 atom stereocenters. The van der Waals surface area contributed by atoms with Crippen LogP contribution in [0.4, 0.5) is 5.69 Å². The first kappa shape index (κ1) is 23.4. The number of thiocarbonyl (C=S) groups is 1. The molecule has 37 heavy (non-hydrogen) atoms. The van der Waals surface area contributed by atoms with Crippen molar-refractivity contribution in [2.24, 2.45) is 0 Å². The molecule has 6 rings (SSSR count). The van der Waals surface area contributed by atoms with Crippen LogP contribution in [0.2, 0.25) is 5.02 Å². The monoisotopic (exact) mass is 535 g/mol. The molecule has 10 heteroatoms. The smallest absolute Gasteiger partial charge is 0.253 e. The third kappa shape index (κ3) is 5.00. The highest BCUT2D eigenvalue weighted by Gasteiger charge is 2.19. The molecule has 8 nitrogen and oxygen atoms in total. The summed E-state index contributed by atoms with van der Waals surface area (Å²) in [4.78, 5) is 18.0. The molecule has 0 radical (unpaired) electrons. The van der Waals surface area contributed by atoms with Crippen molar-refractivity contribution in [1.29, 1.82) is 0 Å². The Kier molecular flexibility index (Phi) is 6.23. The van der Waals surface area contributed by atoms with Crippen LogP contribution in [0.15, 0.2) is 65.5 Å². The Morgan fingerprint density at radius 3 is 2.54 bits per heavy atom. The summed E-state index contributed by atoms with van der Waals surface area (Å²) in [5.74, 6) is 2.67. The lowest BCUT2D eigenvalue weighted by Crippen LogP contribution is -2.35. The number of fused-ring (bicyclic) bond motifs is 3. The third-order valence-corrected chi connectivity index (χ3v) is 6.71. The fourth-order valence-corrected chi connectivity index (χ4v) is 4.78. The fraction of sp³-hybridized carbons (Fsp3) is 0.185. The van der Waals surface area contributed by atoms with Gasteiger partial charge in [0.15, 0.2) is 28.1 Å². The van der Waals surface area contributed by atoms with Gasteiger partial charge in [-0.25, -0.2) is 0 Å². The zero-order chi connectivity index (χ0) is 25.4. The second-order valence-corrected chi connectivity index (χ2v) is 9.51. The standard InChI is InChI=1S/C27H22ClN3O5S/c28-19-2-1-3-20(11-19)29-27(37)31(13-16-4-5-22-23(8-16)36-15-35-22)14-18-9-17-10-24-25(34-7-6-33-24)12-21(17)30-26(18)32/h1-5,8-12H,6-7,13-15H2,(H,29,37)(H,30,32). The topological polar surface area (TPSA) is 85.1 Å². The van der Waals surface area contributed by atoms with Crippen molar-refractivity contribution < 1.29 is 18.9 Å². The molecule has 0 bridgehead atoms. The number of hydrogen-bond donors (Lipinski definition) is 2. The zero-order valence-electron chi connectivity index (χ0n) is 19.6. The van der Waals surface area contributed by atoms with Crippen LogP contribution >= 0.6 is 23.8 Å². The number of hydrogen-bond acceptors (Lipinski definition) is 6. The predicted molar refractivity (Wildman–Crippen MR) is 145 cm³/mol. The van der Waals surface area contributed by atoms with Gasteiger partial charge >= 0.3 is 0 Å². The summed E-state index contributed by atoms with van der Waals surface area (Å²) < 4.78 is 22.3. The molecule has 0 spiro atoms. The van der Waals surface area contributed by atoms with Gasteiger partial charge in [0.25, 0.3) is 5.56 Å². The van der Waals surface area contributed by atoms with Gasteiger partial charge in [-0.15, -0.1) is 0 Å². The SMILES string of the molecule is O=c1[nH]c2cc3c(cc2cc1CN(Cc1ccc2c(c1)OCO2)C(=S)Nc1cccc(Cl)c1)OCCO3. The summed E-state index contributed by atoms with van der Waals surface area (Å²) in [6.45, 7) is 1.86. The van der Waals surface area contributed by atoms with Gasteiger partial charge in [0.05, 0.1) is 12.1 Å². The molecule has 0 saturated heterocycles. The minimum absolute atomic E-state index is 0.197. The first-order valence-electron chi connectivity index (χ1n) is 11.7. The van der Waals surface area contributed by atoms with E-state index in [1.54, 1.807) is 18.2 Å². The van der Waals surface area contributed by atoms with E-state index >= 15 is 0 Å². The number of pyridine rings is 1. The van der Waals surface area contributed by atoms with E-state index in [9.17, 15) is 4.79 Å². The lowest BCUT2D eigenvalue weighted by Gasteiger charge is -2.26. The molecule has 3 heterocycles. The van der Waals surface area contributed by atoms with Crippen molar-refractivity contribution in [2.75, 3.05) is 25.3 Å². The lowest BCUT2D eigenvalue weighted by atomic mass is 10.1. The Balaban J connectivity index is 1.32. The minimum Gasteiger partial charge on any atom is -0.486 e. The van der Waals surface area contributed by atoms with Gasteiger partial charge in [-0.05, 0) is 60.2 Å². The average molecular weight is 536 g/mol. The van der Waals surface area contributed by atoms with Crippen LogP contribution in [0.1, 0.15) is 11.1 Å². The van der Waals surface area contributed by atoms with Gasteiger partial charge in [-0.2, -0.15) is 0 Å². The van der Waals surface area contributed by atoms with Crippen molar-refractivity contribution in [2.45, 2.75) is 13.1 Å². The molecule has 0 amide bonds. The summed E-state index contributed by atoms with van der Waals surface area (Å²) in [5.41, 5.74) is 2.74. The van der Waals surface area contributed by atoms with Crippen LogP contribution in [-0.2, 0) is 13.1 Å². The van der Waals surface area contributed by atoms with Crippen molar-refractivity contribution in [3.05, 3.63) is 87.2 Å². The molecule has 0 aliphatic carbocycles. The highest BCUT2D eigenvalue weighted by molar-refractivity contribution is 7.80. The highest BCUT2D eigenvalue weighted by atomic mass is 35.5. The van der Waals surface area contributed by atoms with E-state index in [2.05, 4.69) is 10.3 Å². The van der Waals surface area contributed by atoms with Crippen molar-refractivity contribution >= 4 is 45.5 Å². The molecule has 2 aliphatic rings. The van der Waals surface area contributed by atoms with E-state index in [-0.39, 0.29) is 18.9 Å². The van der Waals surface area contributed by atoms with Gasteiger partial charge in [0.2, 0.25) is 6.79 Å². The number of halogens is 1. The normalized spacial score (nSPS) is 13.4. The first-order chi connectivity index (χ1) is 18.0. The Morgan fingerprint density at radius 1 is 0.919 bits per heavy atom. The summed E-state index contributed by atoms with van der Waals surface area (Å²) in [6.07, 6.45) is 0. The maximum absolute atomic E-state index is 13.1. The van der Waals surface area contributed by atoms with Crippen LogP contribution in [-0.4, -0.2) is 35.0 Å². The van der Waals surface area contributed by atoms with E-state index in [1.165, 1.54) is 0 Å². The maximum atomic E-state index is 13.1. The molecule has 1 aromatic heterocycles. The Morgan fingerprint density at radius 2 is 1.70 bits per heavy atom. The van der Waals surface area contributed by atoms with Crippen LogP contribution in [0.25, 0.3) is 10.9 Å². The molecule has 2 aliphatic heterocycles. The zero-order valence-corrected chi connectivity index (χ0v) is 21.2. The number of nitrogens with one attached hydrogen (secondary N) is 2. The summed E-state index contributed by atoms with van der Waals surface area (Å²) in [7, 11) is 0. The molecule has 0 saturated carbocycles. The molecule has 0 fully saturated rings. The van der Waals surface area contributed by atoms with Crippen molar-refractivity contribution in [1.82, 2.24) is 9.88 Å². The molecule has 3 aromatic carbocycles. The highest BCUT2D eigenvalue weighted by Crippen LogP contribution is 2.34. The number of nitrogens with zero attached hydrogens (tertiary/aromatic N) is 1. The van der Waals surface area contributed by atoms with E-state index in [0.717, 1.165) is 16.6 Å². The van der Waals surface area contributed by atoms with E-state index < -0.39 is 0 Å². The summed E-state index contributed by atoms with van der Waals surface area (Å²) in [5, 5.41) is 5.12. The minimum atomic E-state index is -0.203. The van der Waals surface area contributed by atoms with Gasteiger partial charge in [0.1, 0.15) is 13.2 Å². The average Bonchev–Trinajstić information content (AvgIpc) is 3.35. The van der Waals surface area contributed by atoms with E-state index in [0.29, 0.717) is 64.0 Å². The lowest BCUT2D eigenvalue weighted by molar-refractivity contribution is 0.172. The van der Waals surface area contributed by atoms with Crippen LogP contribution in [0.3, 0.4) is 0 Å². The van der Waals surface area contributed by atoms with Crippen LogP contribution in [0, 0.1) is 0 Å². The molecule has 4 aromatic rings. The Labute approximate surface area is 222 Å². The predicted octanol–water partition coefficient (Wildman–Crippen LogP) is 5.08. The molecule has 2 N–H and O–H groups in total. The van der Waals surface area contributed by atoms with E-state index in [1.807, 2.05) is 47.4 Å². The van der Waals surface area contributed by atoms with Gasteiger partial charge in [-0.3, -0.25) is 4.79 Å². The third-order valence-electron chi connectivity index (χ3n) is 6.12. The van der Waals surface area contributed by atoms with Gasteiger partial charge in [-0.1, -0.05) is 23.7 Å². The number of H-pyrrole nitrogens is 1. The Bertz CT molecular complexity index is 1570. The number of anilines is 1. The number of ether oxygens (including phenoxy) is 4. The molecule has 0 unspecified atom stereocenters. The fourth-order valence-electron chi connectivity index (χ4n) is 4.34. The second-order valence-electron chi connectivity index (χ2n) is 8.69. The van der Waals surface area contributed by atoms with Crippen LogP contribution < -0.4 is 29.8 Å². The van der Waals surface area contributed by atoms with Crippen molar-refractivity contribution in [3.63, 3.8) is 0 Å². The van der Waals surface area contributed by atoms with Crippen LogP contribution in [0.5, 0.6) is 23.0 Å².